The van der Waals surface area contributed by atoms with Gasteiger partial charge in [0.2, 0.25) is 10.0 Å². The van der Waals surface area contributed by atoms with Crippen LogP contribution in [-0.4, -0.2) is 18.9 Å². The molecule has 3 N–H and O–H groups in total. The first-order chi connectivity index (χ1) is 9.93. The van der Waals surface area contributed by atoms with Crippen LogP contribution in [0.5, 0.6) is 0 Å². The summed E-state index contributed by atoms with van der Waals surface area (Å²) in [4.78, 5) is 12.2. The van der Waals surface area contributed by atoms with Gasteiger partial charge in [-0.1, -0.05) is 19.1 Å². The van der Waals surface area contributed by atoms with E-state index in [0.717, 1.165) is 6.42 Å². The van der Waals surface area contributed by atoms with Gasteiger partial charge in [-0.05, 0) is 30.7 Å². The molecule has 1 amide bonds. The lowest BCUT2D eigenvalue weighted by atomic mass is 10.3. The Kier molecular flexibility index (Phi) is 4.44. The van der Waals surface area contributed by atoms with Gasteiger partial charge in [-0.2, -0.15) is 0 Å². The number of rotatable bonds is 5. The van der Waals surface area contributed by atoms with Crippen molar-refractivity contribution in [3.05, 3.63) is 48.3 Å². The van der Waals surface area contributed by atoms with Crippen molar-refractivity contribution in [1.29, 1.82) is 0 Å². The minimum Gasteiger partial charge on any atom is -0.344 e. The van der Waals surface area contributed by atoms with E-state index in [1.807, 2.05) is 17.7 Å². The molecule has 2 aromatic rings. The van der Waals surface area contributed by atoms with E-state index in [1.165, 1.54) is 12.1 Å². The van der Waals surface area contributed by atoms with E-state index in [-0.39, 0.29) is 16.5 Å². The summed E-state index contributed by atoms with van der Waals surface area (Å²) < 4.78 is 24.8. The highest BCUT2D eigenvalue weighted by Crippen LogP contribution is 2.20. The number of hydrogen-bond acceptors (Lipinski definition) is 3. The molecule has 0 aliphatic rings. The highest BCUT2D eigenvalue weighted by atomic mass is 32.2. The zero-order chi connectivity index (χ0) is 15.5. The summed E-state index contributed by atoms with van der Waals surface area (Å²) in [6, 6.07) is 9.51. The van der Waals surface area contributed by atoms with Crippen LogP contribution in [0.25, 0.3) is 0 Å². The quantitative estimate of drug-likeness (QED) is 0.881. The molecule has 0 spiro atoms. The summed E-state index contributed by atoms with van der Waals surface area (Å²) in [5.74, 6) is -0.371. The van der Waals surface area contributed by atoms with Crippen molar-refractivity contribution in [1.82, 2.24) is 4.57 Å². The van der Waals surface area contributed by atoms with Gasteiger partial charge in [0.25, 0.3) is 5.91 Å². The van der Waals surface area contributed by atoms with Crippen molar-refractivity contribution in [2.24, 2.45) is 5.14 Å². The van der Waals surface area contributed by atoms with Gasteiger partial charge in [-0.15, -0.1) is 0 Å². The van der Waals surface area contributed by atoms with E-state index in [9.17, 15) is 13.2 Å². The molecular formula is C14H17N3O3S. The molecule has 0 radical (unpaired) electrons. The van der Waals surface area contributed by atoms with Gasteiger partial charge >= 0.3 is 0 Å². The number of hydrogen-bond donors (Lipinski definition) is 2. The van der Waals surface area contributed by atoms with E-state index in [1.54, 1.807) is 24.3 Å². The van der Waals surface area contributed by atoms with Crippen LogP contribution in [0.4, 0.5) is 5.69 Å². The van der Waals surface area contributed by atoms with E-state index < -0.39 is 10.0 Å². The first-order valence-corrected chi connectivity index (χ1v) is 8.06. The molecule has 0 saturated heterocycles. The summed E-state index contributed by atoms with van der Waals surface area (Å²) in [6.07, 6.45) is 2.70. The third kappa shape index (κ3) is 3.50. The molecule has 7 heteroatoms. The number of sulfonamides is 1. The summed E-state index contributed by atoms with van der Waals surface area (Å²) in [7, 11) is -3.89. The van der Waals surface area contributed by atoms with Gasteiger partial charge in [0.1, 0.15) is 10.6 Å². The Morgan fingerprint density at radius 1 is 1.24 bits per heavy atom. The number of benzene rings is 1. The normalized spacial score (nSPS) is 11.3. The van der Waals surface area contributed by atoms with E-state index in [2.05, 4.69) is 5.32 Å². The lowest BCUT2D eigenvalue weighted by Gasteiger charge is -2.11. The molecule has 0 unspecified atom stereocenters. The van der Waals surface area contributed by atoms with Crippen LogP contribution in [0.15, 0.2) is 47.5 Å². The second-order valence-electron chi connectivity index (χ2n) is 4.58. The van der Waals surface area contributed by atoms with Crippen LogP contribution in [0.2, 0.25) is 0 Å². The van der Waals surface area contributed by atoms with Crippen molar-refractivity contribution in [3.63, 3.8) is 0 Å². The lowest BCUT2D eigenvalue weighted by molar-refractivity contribution is 0.101. The second kappa shape index (κ2) is 6.11. The second-order valence-corrected chi connectivity index (χ2v) is 6.11. The predicted molar refractivity (Wildman–Crippen MR) is 80.5 cm³/mol. The van der Waals surface area contributed by atoms with Gasteiger partial charge in [0.15, 0.2) is 0 Å². The van der Waals surface area contributed by atoms with Crippen molar-refractivity contribution in [2.75, 3.05) is 5.32 Å². The van der Waals surface area contributed by atoms with Gasteiger partial charge in [0.05, 0.1) is 5.69 Å². The third-order valence-electron chi connectivity index (χ3n) is 2.97. The smallest absolute Gasteiger partial charge is 0.272 e. The fourth-order valence-electron chi connectivity index (χ4n) is 2.06. The molecule has 1 aromatic carbocycles. The predicted octanol–water partition coefficient (Wildman–Crippen LogP) is 1.80. The number of primary sulfonamides is 1. The Morgan fingerprint density at radius 3 is 2.62 bits per heavy atom. The van der Waals surface area contributed by atoms with Crippen molar-refractivity contribution >= 4 is 21.6 Å². The molecule has 2 rings (SSSR count). The Bertz CT molecular complexity index is 750. The number of nitrogens with one attached hydrogen (secondary N) is 1. The van der Waals surface area contributed by atoms with Crippen LogP contribution in [0.1, 0.15) is 23.8 Å². The molecule has 1 heterocycles. The molecule has 0 aliphatic carbocycles. The molecule has 0 atom stereocenters. The lowest BCUT2D eigenvalue weighted by Crippen LogP contribution is -2.20. The van der Waals surface area contributed by atoms with E-state index in [4.69, 9.17) is 5.14 Å². The Labute approximate surface area is 123 Å². The first kappa shape index (κ1) is 15.3. The number of nitrogens with zero attached hydrogens (tertiary/aromatic N) is 1. The number of anilines is 1. The molecular weight excluding hydrogens is 290 g/mol. The summed E-state index contributed by atoms with van der Waals surface area (Å²) in [6.45, 7) is 2.73. The number of nitrogens with two attached hydrogens (primary N) is 1. The molecule has 0 aliphatic heterocycles. The number of carbonyl (C=O) groups excluding carboxylic acids is 1. The molecule has 6 nitrogen and oxygen atoms in total. The molecule has 112 valence electrons. The Hall–Kier alpha value is -2.12. The first-order valence-electron chi connectivity index (χ1n) is 6.52. The molecule has 0 bridgehead atoms. The van der Waals surface area contributed by atoms with Crippen LogP contribution in [0.3, 0.4) is 0 Å². The van der Waals surface area contributed by atoms with E-state index in [0.29, 0.717) is 12.2 Å². The van der Waals surface area contributed by atoms with Crippen LogP contribution in [-0.2, 0) is 16.6 Å². The number of aryl methyl sites for hydroxylation is 1. The fourth-order valence-corrected chi connectivity index (χ4v) is 2.75. The maximum atomic E-state index is 12.3. The summed E-state index contributed by atoms with van der Waals surface area (Å²) >= 11 is 0. The minimum atomic E-state index is -3.89. The molecule has 0 saturated carbocycles. The van der Waals surface area contributed by atoms with E-state index >= 15 is 0 Å². The maximum Gasteiger partial charge on any atom is 0.272 e. The SMILES string of the molecule is CCCn1cccc1C(=O)Nc1ccccc1S(N)(=O)=O. The third-order valence-corrected chi connectivity index (χ3v) is 3.94. The highest BCUT2D eigenvalue weighted by Gasteiger charge is 2.17. The number of para-hydroxylation sites is 1. The average molecular weight is 307 g/mol. The summed E-state index contributed by atoms with van der Waals surface area (Å²) in [5.41, 5.74) is 0.648. The van der Waals surface area contributed by atoms with Gasteiger partial charge in [0, 0.05) is 12.7 Å². The standard InChI is InChI=1S/C14H17N3O3S/c1-2-9-17-10-5-7-12(17)14(18)16-11-6-3-4-8-13(11)21(15,19)20/h3-8,10H,2,9H2,1H3,(H,16,18)(H2,15,19,20). The van der Waals surface area contributed by atoms with Crippen molar-refractivity contribution in [3.8, 4) is 0 Å². The van der Waals surface area contributed by atoms with Crippen molar-refractivity contribution in [2.45, 2.75) is 24.8 Å². The Balaban J connectivity index is 2.30. The Morgan fingerprint density at radius 2 is 1.95 bits per heavy atom. The maximum absolute atomic E-state index is 12.3. The molecule has 21 heavy (non-hydrogen) atoms. The average Bonchev–Trinajstić information content (AvgIpc) is 2.87. The largest absolute Gasteiger partial charge is 0.344 e. The topological polar surface area (TPSA) is 94.2 Å². The fraction of sp³-hybridized carbons (Fsp3) is 0.214. The number of carbonyl (C=O) groups is 1. The zero-order valence-electron chi connectivity index (χ0n) is 11.6. The minimum absolute atomic E-state index is 0.105. The highest BCUT2D eigenvalue weighted by molar-refractivity contribution is 7.89. The monoisotopic (exact) mass is 307 g/mol. The van der Waals surface area contributed by atoms with Gasteiger partial charge in [-0.3, -0.25) is 4.79 Å². The number of amides is 1. The van der Waals surface area contributed by atoms with Crippen LogP contribution >= 0.6 is 0 Å². The summed E-state index contributed by atoms with van der Waals surface area (Å²) in [5, 5.41) is 7.74. The van der Waals surface area contributed by atoms with Gasteiger partial charge < -0.3 is 9.88 Å². The van der Waals surface area contributed by atoms with Crippen molar-refractivity contribution < 1.29 is 13.2 Å². The van der Waals surface area contributed by atoms with Crippen LogP contribution in [0, 0.1) is 0 Å². The van der Waals surface area contributed by atoms with Gasteiger partial charge in [-0.25, -0.2) is 13.6 Å². The zero-order valence-corrected chi connectivity index (χ0v) is 12.4. The van der Waals surface area contributed by atoms with Crippen LogP contribution < -0.4 is 10.5 Å². The molecule has 1 aromatic heterocycles. The number of aromatic nitrogens is 1. The molecule has 0 fully saturated rings.